The van der Waals surface area contributed by atoms with Crippen LogP contribution in [-0.2, 0) is 13.0 Å². The Kier molecular flexibility index (Phi) is 9.04. The van der Waals surface area contributed by atoms with Crippen molar-refractivity contribution >= 4 is 41.3 Å². The molecular weight excluding hydrogens is 466 g/mol. The van der Waals surface area contributed by atoms with Gasteiger partial charge < -0.3 is 15.8 Å². The highest BCUT2D eigenvalue weighted by Gasteiger charge is 2.28. The lowest BCUT2D eigenvalue weighted by atomic mass is 10.2. The fourth-order valence-electron chi connectivity index (χ4n) is 1.93. The molecule has 1 aromatic heterocycles. The van der Waals surface area contributed by atoms with Gasteiger partial charge in [0.1, 0.15) is 5.75 Å². The van der Waals surface area contributed by atoms with E-state index in [1.54, 1.807) is 29.5 Å². The first-order valence-electron chi connectivity index (χ1n) is 7.27. The molecule has 0 amide bonds. The number of thiophene rings is 1. The van der Waals surface area contributed by atoms with Crippen LogP contribution in [0.25, 0.3) is 0 Å². The van der Waals surface area contributed by atoms with E-state index in [9.17, 15) is 13.2 Å². The van der Waals surface area contributed by atoms with E-state index in [1.165, 1.54) is 10.9 Å². The SMILES string of the molecule is I.NC(=NCc1ccccc1OCC(F)(F)F)NCCc1cccs1. The maximum atomic E-state index is 12.3. The van der Waals surface area contributed by atoms with Gasteiger partial charge in [0.2, 0.25) is 0 Å². The van der Waals surface area contributed by atoms with Gasteiger partial charge in [0.25, 0.3) is 0 Å². The van der Waals surface area contributed by atoms with E-state index < -0.39 is 12.8 Å². The van der Waals surface area contributed by atoms with Crippen molar-refractivity contribution < 1.29 is 17.9 Å². The van der Waals surface area contributed by atoms with E-state index in [4.69, 9.17) is 10.5 Å². The smallest absolute Gasteiger partial charge is 0.422 e. The van der Waals surface area contributed by atoms with Gasteiger partial charge >= 0.3 is 6.18 Å². The molecule has 0 atom stereocenters. The van der Waals surface area contributed by atoms with E-state index in [1.807, 2.05) is 17.5 Å². The number of alkyl halides is 3. The first kappa shape index (κ1) is 21.6. The minimum atomic E-state index is -4.38. The molecule has 0 aliphatic heterocycles. The van der Waals surface area contributed by atoms with Crippen LogP contribution in [0.1, 0.15) is 10.4 Å². The molecule has 25 heavy (non-hydrogen) atoms. The maximum absolute atomic E-state index is 12.3. The molecular formula is C16H19F3IN3OS. The number of nitrogens with two attached hydrogens (primary N) is 1. The van der Waals surface area contributed by atoms with Gasteiger partial charge in [0, 0.05) is 17.0 Å². The fraction of sp³-hybridized carbons (Fsp3) is 0.312. The third-order valence-electron chi connectivity index (χ3n) is 3.04. The Bertz CT molecular complexity index is 663. The van der Waals surface area contributed by atoms with E-state index in [0.29, 0.717) is 12.1 Å². The lowest BCUT2D eigenvalue weighted by molar-refractivity contribution is -0.153. The fourth-order valence-corrected chi connectivity index (χ4v) is 2.64. The highest BCUT2D eigenvalue weighted by atomic mass is 127. The zero-order chi connectivity index (χ0) is 17.4. The van der Waals surface area contributed by atoms with Crippen LogP contribution in [0.15, 0.2) is 46.8 Å². The topological polar surface area (TPSA) is 59.6 Å². The van der Waals surface area contributed by atoms with Crippen molar-refractivity contribution in [3.8, 4) is 5.75 Å². The quantitative estimate of drug-likeness (QED) is 0.355. The number of nitrogens with zero attached hydrogens (tertiary/aromatic N) is 1. The van der Waals surface area contributed by atoms with Gasteiger partial charge in [0.15, 0.2) is 12.6 Å². The number of halogens is 4. The zero-order valence-corrected chi connectivity index (χ0v) is 16.4. The van der Waals surface area contributed by atoms with Gasteiger partial charge in [-0.25, -0.2) is 4.99 Å². The number of hydrogen-bond donors (Lipinski definition) is 2. The molecule has 0 aliphatic carbocycles. The predicted molar refractivity (Wildman–Crippen MR) is 105 cm³/mol. The standard InChI is InChI=1S/C16H18F3N3OS.HI/c17-16(18,19)11-23-14-6-2-1-4-12(14)10-22-15(20)21-8-7-13-5-3-9-24-13;/h1-6,9H,7-8,10-11H2,(H3,20,21,22);1H. The predicted octanol–water partition coefficient (Wildman–Crippen LogP) is 3.95. The molecule has 2 aromatic rings. The first-order valence-corrected chi connectivity index (χ1v) is 8.15. The van der Waals surface area contributed by atoms with Crippen molar-refractivity contribution in [2.45, 2.75) is 19.1 Å². The molecule has 0 aliphatic rings. The summed E-state index contributed by atoms with van der Waals surface area (Å²) in [5, 5.41) is 4.99. The van der Waals surface area contributed by atoms with Crippen molar-refractivity contribution in [2.75, 3.05) is 13.2 Å². The molecule has 0 bridgehead atoms. The summed E-state index contributed by atoms with van der Waals surface area (Å²) >= 11 is 1.67. The Hall–Kier alpha value is -1.49. The molecule has 138 valence electrons. The Morgan fingerprint density at radius 1 is 1.20 bits per heavy atom. The van der Waals surface area contributed by atoms with E-state index in [0.717, 1.165) is 6.42 Å². The number of hydrogen-bond acceptors (Lipinski definition) is 3. The third-order valence-corrected chi connectivity index (χ3v) is 3.98. The monoisotopic (exact) mass is 485 g/mol. The molecule has 9 heteroatoms. The largest absolute Gasteiger partial charge is 0.484 e. The minimum Gasteiger partial charge on any atom is -0.484 e. The van der Waals surface area contributed by atoms with Gasteiger partial charge in [-0.3, -0.25) is 0 Å². The molecule has 3 N–H and O–H groups in total. The third kappa shape index (κ3) is 8.43. The summed E-state index contributed by atoms with van der Waals surface area (Å²) in [5.41, 5.74) is 6.32. The summed E-state index contributed by atoms with van der Waals surface area (Å²) < 4.78 is 41.6. The lowest BCUT2D eigenvalue weighted by Gasteiger charge is -2.12. The van der Waals surface area contributed by atoms with Gasteiger partial charge in [-0.15, -0.1) is 35.3 Å². The number of aliphatic imine (C=N–C) groups is 1. The summed E-state index contributed by atoms with van der Waals surface area (Å²) in [6.07, 6.45) is -3.54. The average molecular weight is 485 g/mol. The van der Waals surface area contributed by atoms with E-state index >= 15 is 0 Å². The van der Waals surface area contributed by atoms with Crippen LogP contribution >= 0.6 is 35.3 Å². The van der Waals surface area contributed by atoms with Gasteiger partial charge in [-0.2, -0.15) is 13.2 Å². The molecule has 0 fully saturated rings. The second kappa shape index (κ2) is 10.5. The molecule has 2 rings (SSSR count). The van der Waals surface area contributed by atoms with Crippen LogP contribution in [0.3, 0.4) is 0 Å². The van der Waals surface area contributed by atoms with Crippen molar-refractivity contribution in [3.63, 3.8) is 0 Å². The van der Waals surface area contributed by atoms with Gasteiger partial charge in [-0.1, -0.05) is 24.3 Å². The average Bonchev–Trinajstić information content (AvgIpc) is 3.04. The molecule has 1 heterocycles. The van der Waals surface area contributed by atoms with E-state index in [-0.39, 0.29) is 42.2 Å². The second-order valence-electron chi connectivity index (χ2n) is 4.97. The lowest BCUT2D eigenvalue weighted by Crippen LogP contribution is -2.33. The van der Waals surface area contributed by atoms with E-state index in [2.05, 4.69) is 10.3 Å². The summed E-state index contributed by atoms with van der Waals surface area (Å²) in [6, 6.07) is 10.5. The summed E-state index contributed by atoms with van der Waals surface area (Å²) in [6.45, 7) is -0.545. The summed E-state index contributed by atoms with van der Waals surface area (Å²) in [5.74, 6) is 0.405. The van der Waals surface area contributed by atoms with Crippen LogP contribution in [0.5, 0.6) is 5.75 Å². The van der Waals surface area contributed by atoms with Gasteiger partial charge in [0.05, 0.1) is 6.54 Å². The highest BCUT2D eigenvalue weighted by Crippen LogP contribution is 2.22. The number of ether oxygens (including phenoxy) is 1. The number of para-hydroxylation sites is 1. The van der Waals surface area contributed by atoms with Crippen molar-refractivity contribution in [1.82, 2.24) is 5.32 Å². The Morgan fingerprint density at radius 2 is 1.96 bits per heavy atom. The Labute approximate surface area is 165 Å². The van der Waals surface area contributed by atoms with Crippen molar-refractivity contribution in [3.05, 3.63) is 52.2 Å². The molecule has 4 nitrogen and oxygen atoms in total. The second-order valence-corrected chi connectivity index (χ2v) is 6.00. The van der Waals surface area contributed by atoms with Crippen LogP contribution < -0.4 is 15.8 Å². The van der Waals surface area contributed by atoms with Crippen LogP contribution in [0.4, 0.5) is 13.2 Å². The number of benzene rings is 1. The van der Waals surface area contributed by atoms with Crippen LogP contribution in [-0.4, -0.2) is 25.3 Å². The normalized spacial score (nSPS) is 11.7. The molecule has 0 unspecified atom stereocenters. The molecule has 0 saturated heterocycles. The summed E-state index contributed by atoms with van der Waals surface area (Å²) in [7, 11) is 0. The minimum absolute atomic E-state index is 0. The zero-order valence-electron chi connectivity index (χ0n) is 13.3. The first-order chi connectivity index (χ1) is 11.4. The Balaban J connectivity index is 0.00000312. The number of rotatable bonds is 7. The van der Waals surface area contributed by atoms with Crippen molar-refractivity contribution in [2.24, 2.45) is 10.7 Å². The maximum Gasteiger partial charge on any atom is 0.422 e. The molecule has 0 radical (unpaired) electrons. The van der Waals surface area contributed by atoms with Crippen LogP contribution in [0.2, 0.25) is 0 Å². The Morgan fingerprint density at radius 3 is 2.64 bits per heavy atom. The number of nitrogens with one attached hydrogen (secondary N) is 1. The highest BCUT2D eigenvalue weighted by molar-refractivity contribution is 14.0. The van der Waals surface area contributed by atoms with Crippen LogP contribution in [0, 0.1) is 0 Å². The molecule has 0 saturated carbocycles. The summed E-state index contributed by atoms with van der Waals surface area (Å²) in [4.78, 5) is 5.38. The van der Waals surface area contributed by atoms with Gasteiger partial charge in [-0.05, 0) is 23.9 Å². The molecule has 0 spiro atoms. The van der Waals surface area contributed by atoms with Crippen molar-refractivity contribution in [1.29, 1.82) is 0 Å². The number of guanidine groups is 1. The molecule has 1 aromatic carbocycles.